The summed E-state index contributed by atoms with van der Waals surface area (Å²) >= 11 is 0. The van der Waals surface area contributed by atoms with Gasteiger partial charge in [0.05, 0.1) is 0 Å². The molecule has 0 amide bonds. The number of hydrogen-bond acceptors (Lipinski definition) is 0. The van der Waals surface area contributed by atoms with Gasteiger partial charge in [-0.15, -0.1) is 0 Å². The molecule has 0 nitrogen and oxygen atoms in total. The van der Waals surface area contributed by atoms with Crippen molar-refractivity contribution in [2.24, 2.45) is 0 Å². The van der Waals surface area contributed by atoms with Gasteiger partial charge >= 0.3 is 26.2 Å². The molecule has 1 aliphatic heterocycles. The fourth-order valence-corrected chi connectivity index (χ4v) is 9.72. The third-order valence-corrected chi connectivity index (χ3v) is 11.0. The summed E-state index contributed by atoms with van der Waals surface area (Å²) in [5.41, 5.74) is 6.23. The van der Waals surface area contributed by atoms with Crippen LogP contribution in [0.25, 0.3) is 0 Å². The zero-order chi connectivity index (χ0) is 14.9. The molecule has 1 aromatic carbocycles. The van der Waals surface area contributed by atoms with Crippen molar-refractivity contribution in [1.29, 1.82) is 0 Å². The second kappa shape index (κ2) is 10.3. The molecule has 4 rings (SSSR count). The van der Waals surface area contributed by atoms with Crippen molar-refractivity contribution in [2.45, 2.75) is 24.6 Å². The molecule has 1 heterocycles. The molecule has 0 N–H and O–H groups in total. The fourth-order valence-electron chi connectivity index (χ4n) is 3.48. The Hall–Kier alpha value is -0.0500. The number of halogens is 2. The van der Waals surface area contributed by atoms with Crippen LogP contribution in [0, 0.1) is 0 Å². The van der Waals surface area contributed by atoms with E-state index in [1.807, 2.05) is 0 Å². The van der Waals surface area contributed by atoms with Gasteiger partial charge in [0.15, 0.2) is 0 Å². The Labute approximate surface area is 186 Å². The summed E-state index contributed by atoms with van der Waals surface area (Å²) in [7, 11) is 0.861. The summed E-state index contributed by atoms with van der Waals surface area (Å²) < 4.78 is 0. The van der Waals surface area contributed by atoms with Crippen molar-refractivity contribution in [1.82, 2.24) is 0 Å². The molecule has 0 saturated carbocycles. The van der Waals surface area contributed by atoms with Crippen LogP contribution >= 0.6 is 9.89 Å². The fraction of sp³-hybridized carbons (Fsp3) is 0.200. The standard InChI is InChI=1S/C20H20SSi.2ClH.Zr/c1-15-20(17-10-5-6-11-17)18-12-7-13-19(18)21(15)22-14-16-8-3-2-4-9-16;;;/h2-10,12-13,15,22H,11,14H2,1H3;2*1H;/q;;;+2/p-2. The molecule has 0 fully saturated rings. The predicted octanol–water partition coefficient (Wildman–Crippen LogP) is -1.15. The van der Waals surface area contributed by atoms with Crippen molar-refractivity contribution in [2.75, 3.05) is 0 Å². The summed E-state index contributed by atoms with van der Waals surface area (Å²) in [5.74, 6) is 0. The summed E-state index contributed by atoms with van der Waals surface area (Å²) in [5, 5.41) is 0.705. The van der Waals surface area contributed by atoms with Crippen LogP contribution in [0.15, 0.2) is 88.4 Å². The maximum absolute atomic E-state index is 2.45. The SMILES string of the molecule is CC1C(C2=CC=CC2)=C2C=CC=C2S1=[SiH]Cc1ccccc1.[Cl-].[Cl-].[Zr+2]. The quantitative estimate of drug-likeness (QED) is 0.478. The molecular formula is C20H20Cl2SSiZr. The average Bonchev–Trinajstić information content (AvgIpc) is 3.25. The van der Waals surface area contributed by atoms with E-state index in [-0.39, 0.29) is 51.0 Å². The Kier molecular flexibility index (Phi) is 9.50. The van der Waals surface area contributed by atoms with Gasteiger partial charge in [0.1, 0.15) is 0 Å². The molecule has 0 radical (unpaired) electrons. The van der Waals surface area contributed by atoms with Gasteiger partial charge in [0, 0.05) is 18.4 Å². The van der Waals surface area contributed by atoms with Gasteiger partial charge in [-0.1, -0.05) is 60.7 Å². The van der Waals surface area contributed by atoms with Crippen molar-refractivity contribution < 1.29 is 51.0 Å². The van der Waals surface area contributed by atoms with Crippen molar-refractivity contribution in [3.8, 4) is 0 Å². The summed E-state index contributed by atoms with van der Waals surface area (Å²) in [6.07, 6.45) is 14.9. The maximum Gasteiger partial charge on any atom is 2.00 e. The monoisotopic (exact) mass is 480 g/mol. The van der Waals surface area contributed by atoms with E-state index >= 15 is 0 Å². The molecule has 0 bridgehead atoms. The molecule has 2 aliphatic carbocycles. The van der Waals surface area contributed by atoms with Gasteiger partial charge in [0.25, 0.3) is 0 Å². The maximum atomic E-state index is 2.45. The Bertz CT molecular complexity index is 804. The van der Waals surface area contributed by atoms with Gasteiger partial charge < -0.3 is 24.8 Å². The van der Waals surface area contributed by atoms with E-state index in [0.29, 0.717) is 23.4 Å². The summed E-state index contributed by atoms with van der Waals surface area (Å²) in [6, 6.07) is 12.3. The molecule has 5 heteroatoms. The first-order valence-corrected chi connectivity index (χ1v) is 11.5. The first-order chi connectivity index (χ1) is 10.8. The van der Waals surface area contributed by atoms with E-state index in [1.54, 1.807) is 21.6 Å². The minimum atomic E-state index is 0. The zero-order valence-electron chi connectivity index (χ0n) is 14.1. The van der Waals surface area contributed by atoms with Crippen LogP contribution in [0.5, 0.6) is 0 Å². The molecule has 3 aliphatic rings. The largest absolute Gasteiger partial charge is 2.00 e. The number of hydrogen-bond donors (Lipinski definition) is 0. The van der Waals surface area contributed by atoms with E-state index < -0.39 is 0 Å². The van der Waals surface area contributed by atoms with E-state index in [1.165, 1.54) is 11.6 Å². The third-order valence-electron chi connectivity index (χ3n) is 4.57. The van der Waals surface area contributed by atoms with E-state index in [0.717, 1.165) is 6.42 Å². The molecular weight excluding hydrogens is 463 g/mol. The minimum absolute atomic E-state index is 0. The molecule has 0 spiro atoms. The Morgan fingerprint density at radius 2 is 1.84 bits per heavy atom. The molecule has 128 valence electrons. The van der Waals surface area contributed by atoms with Gasteiger partial charge in [-0.05, 0) is 47.7 Å². The van der Waals surface area contributed by atoms with Gasteiger partial charge in [-0.3, -0.25) is 0 Å². The Morgan fingerprint density at radius 1 is 1.08 bits per heavy atom. The molecule has 0 saturated heterocycles. The zero-order valence-corrected chi connectivity index (χ0v) is 20.0. The molecule has 2 unspecified atom stereocenters. The van der Waals surface area contributed by atoms with Crippen LogP contribution in [0.4, 0.5) is 0 Å². The van der Waals surface area contributed by atoms with Crippen LogP contribution in [-0.2, 0) is 32.2 Å². The normalized spacial score (nSPS) is 22.8. The smallest absolute Gasteiger partial charge is 1.00 e. The first-order valence-electron chi connectivity index (χ1n) is 7.93. The molecule has 0 aromatic heterocycles. The van der Waals surface area contributed by atoms with Crippen molar-refractivity contribution >= 4 is 18.1 Å². The summed E-state index contributed by atoms with van der Waals surface area (Å²) in [4.78, 5) is 1.64. The van der Waals surface area contributed by atoms with Gasteiger partial charge in [0.2, 0.25) is 0 Å². The van der Waals surface area contributed by atoms with Gasteiger partial charge in [-0.2, -0.15) is 9.89 Å². The Balaban J connectivity index is 0.00000104. The molecule has 1 aromatic rings. The number of rotatable bonds is 3. The van der Waals surface area contributed by atoms with Crippen molar-refractivity contribution in [3.05, 3.63) is 94.0 Å². The van der Waals surface area contributed by atoms with Gasteiger partial charge in [-0.25, -0.2) is 0 Å². The second-order valence-corrected chi connectivity index (χ2v) is 11.1. The van der Waals surface area contributed by atoms with E-state index in [2.05, 4.69) is 73.7 Å². The van der Waals surface area contributed by atoms with E-state index in [9.17, 15) is 0 Å². The van der Waals surface area contributed by atoms with Crippen LogP contribution in [0.3, 0.4) is 0 Å². The van der Waals surface area contributed by atoms with Crippen LogP contribution < -0.4 is 24.8 Å². The van der Waals surface area contributed by atoms with Crippen molar-refractivity contribution in [3.63, 3.8) is 0 Å². The van der Waals surface area contributed by atoms with Crippen LogP contribution in [0.2, 0.25) is 0 Å². The second-order valence-electron chi connectivity index (χ2n) is 5.91. The molecule has 2 atom stereocenters. The van der Waals surface area contributed by atoms with Crippen LogP contribution in [0.1, 0.15) is 18.9 Å². The summed E-state index contributed by atoms with van der Waals surface area (Å²) in [6.45, 7) is 2.45. The predicted molar refractivity (Wildman–Crippen MR) is 100 cm³/mol. The van der Waals surface area contributed by atoms with E-state index in [4.69, 9.17) is 0 Å². The topological polar surface area (TPSA) is 0 Å². The minimum Gasteiger partial charge on any atom is -1.00 e. The number of allylic oxidation sites excluding steroid dienone is 8. The number of fused-ring (bicyclic) bond motifs is 1. The Morgan fingerprint density at radius 3 is 2.52 bits per heavy atom. The molecule has 25 heavy (non-hydrogen) atoms. The average molecular weight is 483 g/mol. The third kappa shape index (κ3) is 4.62. The van der Waals surface area contributed by atoms with Crippen LogP contribution in [-0.4, -0.2) is 13.5 Å². The first kappa shape index (κ1) is 23.0. The number of benzene rings is 1.